The van der Waals surface area contributed by atoms with Crippen LogP contribution in [0.25, 0.3) is 0 Å². The predicted molar refractivity (Wildman–Crippen MR) is 179 cm³/mol. The van der Waals surface area contributed by atoms with Gasteiger partial charge in [0.05, 0.1) is 13.2 Å². The third-order valence-electron chi connectivity index (χ3n) is 6.47. The number of alkyl halides is 1. The number of rotatable bonds is 17. The summed E-state index contributed by atoms with van der Waals surface area (Å²) in [5, 5.41) is 3.36. The molecule has 0 saturated heterocycles. The molecule has 0 saturated carbocycles. The maximum Gasteiger partial charge on any atom is 0.407 e. The zero-order valence-electron chi connectivity index (χ0n) is 26.6. The minimum atomic E-state index is -3.99. The Balaban J connectivity index is 1.61. The van der Waals surface area contributed by atoms with E-state index < -0.39 is 31.2 Å². The van der Waals surface area contributed by atoms with Crippen LogP contribution in [0.4, 0.5) is 9.18 Å². The first-order chi connectivity index (χ1) is 21.4. The fourth-order valence-corrected chi connectivity index (χ4v) is 7.36. The number of benzene rings is 3. The van der Waals surface area contributed by atoms with Gasteiger partial charge in [0.1, 0.15) is 18.0 Å². The van der Waals surface area contributed by atoms with E-state index in [9.17, 15) is 9.36 Å². The van der Waals surface area contributed by atoms with E-state index >= 15 is 4.39 Å². The molecule has 1 amide bonds. The van der Waals surface area contributed by atoms with E-state index in [1.54, 1.807) is 46.4 Å². The highest BCUT2D eigenvalue weighted by atomic mass is 35.5. The Kier molecular flexibility index (Phi) is 14.7. The van der Waals surface area contributed by atoms with E-state index in [-0.39, 0.29) is 19.6 Å². The second-order valence-electron chi connectivity index (χ2n) is 11.4. The quantitative estimate of drug-likeness (QED) is 0.142. The van der Waals surface area contributed by atoms with Gasteiger partial charge >= 0.3 is 13.7 Å². The largest absolute Gasteiger partial charge is 0.489 e. The molecule has 0 radical (unpaired) electrons. The minimum absolute atomic E-state index is 0.0438. The predicted octanol–water partition coefficient (Wildman–Crippen LogP) is 10.2. The second kappa shape index (κ2) is 18.0. The highest BCUT2D eigenvalue weighted by Gasteiger charge is 2.38. The van der Waals surface area contributed by atoms with Crippen LogP contribution in [0.1, 0.15) is 65.0 Å². The fourth-order valence-electron chi connectivity index (χ4n) is 4.48. The first-order valence-electron chi connectivity index (χ1n) is 15.2. The van der Waals surface area contributed by atoms with Crippen LogP contribution in [0.2, 0.25) is 5.02 Å². The topological polar surface area (TPSA) is 83.1 Å². The molecule has 0 aromatic heterocycles. The van der Waals surface area contributed by atoms with Gasteiger partial charge < -0.3 is 23.8 Å². The van der Waals surface area contributed by atoms with Crippen LogP contribution in [-0.4, -0.2) is 36.9 Å². The lowest BCUT2D eigenvalue weighted by molar-refractivity contribution is 0.0492. The Morgan fingerprint density at radius 3 is 2.31 bits per heavy atom. The molecule has 0 aliphatic rings. The Labute approximate surface area is 276 Å². The van der Waals surface area contributed by atoms with Crippen LogP contribution in [0.15, 0.2) is 82.6 Å². The molecule has 1 N–H and O–H groups in total. The van der Waals surface area contributed by atoms with E-state index in [0.29, 0.717) is 30.9 Å². The number of hydrogen-bond acceptors (Lipinski definition) is 7. The van der Waals surface area contributed by atoms with Gasteiger partial charge in [-0.2, -0.15) is 0 Å². The number of amides is 1. The van der Waals surface area contributed by atoms with Crippen molar-refractivity contribution in [1.82, 2.24) is 5.32 Å². The molecule has 0 aliphatic heterocycles. The third kappa shape index (κ3) is 13.0. The van der Waals surface area contributed by atoms with Gasteiger partial charge in [0.25, 0.3) is 0 Å². The van der Waals surface area contributed by atoms with Crippen LogP contribution < -0.4 is 10.1 Å². The first-order valence-corrected chi connectivity index (χ1v) is 18.0. The SMILES string of the molecule is CCOP(=O)(OCC)C(F)CC(CCCc1ccc(Sc2cccc(OCc3ccccc3)c2)cc1Cl)NC(=O)OC(C)(C)C. The van der Waals surface area contributed by atoms with Gasteiger partial charge in [0, 0.05) is 27.3 Å². The molecule has 2 atom stereocenters. The Hall–Kier alpha value is -2.55. The average Bonchev–Trinajstić information content (AvgIpc) is 2.97. The number of carbonyl (C=O) groups excluding carboxylic acids is 1. The number of ether oxygens (including phenoxy) is 2. The van der Waals surface area contributed by atoms with Crippen LogP contribution >= 0.6 is 31.0 Å². The molecule has 0 heterocycles. The van der Waals surface area contributed by atoms with Crippen molar-refractivity contribution in [2.24, 2.45) is 0 Å². The summed E-state index contributed by atoms with van der Waals surface area (Å²) < 4.78 is 50.0. The van der Waals surface area contributed by atoms with Crippen molar-refractivity contribution >= 4 is 37.1 Å². The van der Waals surface area contributed by atoms with Crippen molar-refractivity contribution in [2.45, 2.75) is 94.3 Å². The number of nitrogens with one attached hydrogen (secondary N) is 1. The maximum absolute atomic E-state index is 15.3. The molecule has 0 spiro atoms. The van der Waals surface area contributed by atoms with Gasteiger partial charge in [-0.25, -0.2) is 9.18 Å². The van der Waals surface area contributed by atoms with E-state index in [4.69, 9.17) is 30.1 Å². The maximum atomic E-state index is 15.3. The summed E-state index contributed by atoms with van der Waals surface area (Å²) in [7, 11) is -3.99. The van der Waals surface area contributed by atoms with E-state index in [1.807, 2.05) is 72.8 Å². The molecule has 3 rings (SSSR count). The Morgan fingerprint density at radius 1 is 0.978 bits per heavy atom. The zero-order chi connectivity index (χ0) is 32.9. The van der Waals surface area contributed by atoms with Crippen molar-refractivity contribution in [3.63, 3.8) is 0 Å². The minimum Gasteiger partial charge on any atom is -0.489 e. The Morgan fingerprint density at radius 2 is 1.67 bits per heavy atom. The summed E-state index contributed by atoms with van der Waals surface area (Å²) in [4.78, 5) is 14.5. The Bertz CT molecular complexity index is 1400. The molecule has 3 aromatic carbocycles. The summed E-state index contributed by atoms with van der Waals surface area (Å²) in [5.41, 5.74) is 1.31. The van der Waals surface area contributed by atoms with Gasteiger partial charge in [-0.15, -0.1) is 0 Å². The number of alkyl carbamates (subject to hydrolysis) is 1. The smallest absolute Gasteiger partial charge is 0.407 e. The molecule has 2 unspecified atom stereocenters. The van der Waals surface area contributed by atoms with E-state index in [0.717, 1.165) is 26.7 Å². The van der Waals surface area contributed by atoms with Crippen molar-refractivity contribution in [3.8, 4) is 5.75 Å². The summed E-state index contributed by atoms with van der Waals surface area (Å²) >= 11 is 8.26. The lowest BCUT2D eigenvalue weighted by atomic mass is 10.0. The van der Waals surface area contributed by atoms with Crippen molar-refractivity contribution in [2.75, 3.05) is 13.2 Å². The molecule has 246 valence electrons. The molecule has 7 nitrogen and oxygen atoms in total. The molecule has 3 aromatic rings. The summed E-state index contributed by atoms with van der Waals surface area (Å²) in [5.74, 6) is -1.12. The summed E-state index contributed by atoms with van der Waals surface area (Å²) in [6, 6.07) is 23.2. The lowest BCUT2D eigenvalue weighted by Crippen LogP contribution is -2.40. The molecular weight excluding hydrogens is 636 g/mol. The van der Waals surface area contributed by atoms with Crippen molar-refractivity contribution in [1.29, 1.82) is 0 Å². The normalized spacial score (nSPS) is 13.2. The average molecular weight is 680 g/mol. The van der Waals surface area contributed by atoms with Crippen LogP contribution in [0.3, 0.4) is 0 Å². The summed E-state index contributed by atoms with van der Waals surface area (Å²) in [6.45, 7) is 9.08. The fraction of sp³-hybridized carbons (Fsp3) is 0.441. The molecular formula is C34H44ClFNO6PS. The van der Waals surface area contributed by atoms with E-state index in [2.05, 4.69) is 5.32 Å². The van der Waals surface area contributed by atoms with Gasteiger partial charge in [0.2, 0.25) is 5.91 Å². The molecule has 45 heavy (non-hydrogen) atoms. The third-order valence-corrected chi connectivity index (χ3v) is 9.94. The van der Waals surface area contributed by atoms with Crippen LogP contribution in [-0.2, 0) is 31.4 Å². The van der Waals surface area contributed by atoms with E-state index in [1.165, 1.54) is 0 Å². The van der Waals surface area contributed by atoms with Gasteiger partial charge in [-0.1, -0.05) is 65.8 Å². The number of aryl methyl sites for hydroxylation is 1. The monoisotopic (exact) mass is 679 g/mol. The standard InChI is InChI=1S/C34H44ClFNO6PS/c1-6-41-44(39,42-7-2)32(36)21-27(37-33(38)43-34(3,4)5)16-11-15-26-19-20-30(23-31(26)35)45-29-18-12-17-28(22-29)40-24-25-13-9-8-10-14-25/h8-10,12-14,17-20,22-23,27,32H,6-7,11,15-16,21,24H2,1-5H3,(H,37,38). The number of hydrogen-bond donors (Lipinski definition) is 1. The van der Waals surface area contributed by atoms with Crippen molar-refractivity contribution < 1.29 is 32.3 Å². The molecule has 0 fully saturated rings. The van der Waals surface area contributed by atoms with Gasteiger partial charge in [0.15, 0.2) is 0 Å². The number of carbonyl (C=O) groups is 1. The molecule has 11 heteroatoms. The molecule has 0 bridgehead atoms. The zero-order valence-corrected chi connectivity index (χ0v) is 29.1. The van der Waals surface area contributed by atoms with Gasteiger partial charge in [-0.05, 0) is 95.3 Å². The highest BCUT2D eigenvalue weighted by Crippen LogP contribution is 2.55. The first kappa shape index (κ1) is 36.9. The van der Waals surface area contributed by atoms with Crippen molar-refractivity contribution in [3.05, 3.63) is 88.9 Å². The number of halogens is 2. The van der Waals surface area contributed by atoms with Crippen LogP contribution in [0.5, 0.6) is 5.75 Å². The molecule has 0 aliphatic carbocycles. The summed E-state index contributed by atoms with van der Waals surface area (Å²) in [6.07, 6.45) is 0.684. The highest BCUT2D eigenvalue weighted by molar-refractivity contribution is 7.99. The van der Waals surface area contributed by atoms with Gasteiger partial charge in [-0.3, -0.25) is 4.57 Å². The van der Waals surface area contributed by atoms with Crippen LogP contribution in [0, 0.1) is 0 Å². The lowest BCUT2D eigenvalue weighted by Gasteiger charge is -2.27. The second-order valence-corrected chi connectivity index (χ2v) is 15.1.